The van der Waals surface area contributed by atoms with Crippen molar-refractivity contribution < 1.29 is 4.79 Å². The zero-order valence-corrected chi connectivity index (χ0v) is 15.2. The molecular formula is C17H15Cl3N4O. The Bertz CT molecular complexity index is 775. The highest BCUT2D eigenvalue weighted by Crippen LogP contribution is 2.24. The molecule has 0 spiro atoms. The molecule has 3 N–H and O–H groups in total. The zero-order chi connectivity index (χ0) is 17.8. The van der Waals surface area contributed by atoms with Crippen LogP contribution in [-0.2, 0) is 4.79 Å². The van der Waals surface area contributed by atoms with E-state index in [-0.39, 0.29) is 11.9 Å². The van der Waals surface area contributed by atoms with Crippen LogP contribution in [0.2, 0.25) is 15.1 Å². The van der Waals surface area contributed by atoms with Crippen LogP contribution in [0.15, 0.2) is 47.6 Å². The number of amides is 1. The number of halogens is 3. The lowest BCUT2D eigenvalue weighted by Crippen LogP contribution is -2.41. The van der Waals surface area contributed by atoms with Gasteiger partial charge in [0.1, 0.15) is 6.04 Å². The molecule has 2 aromatic carbocycles. The second-order valence-electron chi connectivity index (χ2n) is 5.55. The van der Waals surface area contributed by atoms with Gasteiger partial charge in [-0.25, -0.2) is 16.3 Å². The Labute approximate surface area is 160 Å². The number of hydrogen-bond donors (Lipinski definition) is 3. The van der Waals surface area contributed by atoms with Crippen LogP contribution in [0, 0.1) is 0 Å². The minimum atomic E-state index is -0.403. The molecule has 5 nitrogen and oxygen atoms in total. The highest BCUT2D eigenvalue weighted by Gasteiger charge is 2.29. The summed E-state index contributed by atoms with van der Waals surface area (Å²) in [6.45, 7) is 0. The van der Waals surface area contributed by atoms with Crippen LogP contribution in [0.1, 0.15) is 23.6 Å². The molecule has 3 rings (SSSR count). The molecule has 1 aliphatic rings. The van der Waals surface area contributed by atoms with Crippen LogP contribution in [0.4, 0.5) is 0 Å². The summed E-state index contributed by atoms with van der Waals surface area (Å²) in [5.41, 5.74) is 10.2. The van der Waals surface area contributed by atoms with Crippen molar-refractivity contribution in [3.05, 3.63) is 68.7 Å². The van der Waals surface area contributed by atoms with E-state index in [1.54, 1.807) is 18.2 Å². The van der Waals surface area contributed by atoms with Gasteiger partial charge in [-0.15, -0.1) is 0 Å². The summed E-state index contributed by atoms with van der Waals surface area (Å²) < 4.78 is 0. The Hall–Kier alpha value is -1.63. The number of rotatable bonds is 4. The van der Waals surface area contributed by atoms with Gasteiger partial charge >= 0.3 is 0 Å². The van der Waals surface area contributed by atoms with Crippen LogP contribution in [0.3, 0.4) is 0 Å². The molecule has 1 amide bonds. The minimum Gasteiger partial charge on any atom is -0.271 e. The van der Waals surface area contributed by atoms with Crippen LogP contribution < -0.4 is 16.3 Å². The smallest absolute Gasteiger partial charge is 0.258 e. The predicted octanol–water partition coefficient (Wildman–Crippen LogP) is 3.70. The second-order valence-corrected chi connectivity index (χ2v) is 6.80. The van der Waals surface area contributed by atoms with E-state index in [1.807, 2.05) is 24.3 Å². The third kappa shape index (κ3) is 4.51. The van der Waals surface area contributed by atoms with Gasteiger partial charge < -0.3 is 0 Å². The van der Waals surface area contributed by atoms with Gasteiger partial charge in [-0.3, -0.25) is 4.79 Å². The van der Waals surface area contributed by atoms with Crippen molar-refractivity contribution in [1.82, 2.24) is 16.3 Å². The van der Waals surface area contributed by atoms with E-state index in [9.17, 15) is 4.79 Å². The Morgan fingerprint density at radius 3 is 2.44 bits per heavy atom. The normalized spacial score (nSPS) is 20.1. The number of hydrazine groups is 1. The fraction of sp³-hybridized carbons (Fsp3) is 0.176. The summed E-state index contributed by atoms with van der Waals surface area (Å²) in [7, 11) is 0. The van der Waals surface area contributed by atoms with E-state index in [4.69, 9.17) is 34.8 Å². The van der Waals surface area contributed by atoms with Gasteiger partial charge in [0, 0.05) is 16.6 Å². The highest BCUT2D eigenvalue weighted by molar-refractivity contribution is 6.38. The van der Waals surface area contributed by atoms with Crippen molar-refractivity contribution in [3.63, 3.8) is 0 Å². The van der Waals surface area contributed by atoms with Crippen molar-refractivity contribution in [3.8, 4) is 0 Å². The molecule has 0 saturated carbocycles. The number of nitrogens with one attached hydrogen (secondary N) is 3. The standard InChI is InChI=1S/C17H15Cl3N4O/c18-11-6-4-10(5-7-11)15-8-16(23-22-15)17(25)24-21-9-12-13(19)2-1-3-14(12)20/h1-7,9,15-16,22-23H,8H2,(H,24,25)/b21-9+. The van der Waals surface area contributed by atoms with Crippen LogP contribution in [0.25, 0.3) is 0 Å². The first-order chi connectivity index (χ1) is 12.0. The van der Waals surface area contributed by atoms with Gasteiger partial charge in [0.2, 0.25) is 0 Å². The molecule has 0 aliphatic carbocycles. The monoisotopic (exact) mass is 396 g/mol. The van der Waals surface area contributed by atoms with Crippen molar-refractivity contribution in [2.24, 2.45) is 5.10 Å². The summed E-state index contributed by atoms with van der Waals surface area (Å²) in [5.74, 6) is -0.247. The molecule has 0 aromatic heterocycles. The van der Waals surface area contributed by atoms with E-state index in [1.165, 1.54) is 6.21 Å². The molecule has 1 fully saturated rings. The third-order valence-electron chi connectivity index (χ3n) is 3.86. The molecule has 25 heavy (non-hydrogen) atoms. The summed E-state index contributed by atoms with van der Waals surface area (Å²) in [6, 6.07) is 12.3. The number of hydrazone groups is 1. The SMILES string of the molecule is O=C(N/N=C/c1c(Cl)cccc1Cl)C1CC(c2ccc(Cl)cc2)NN1. The van der Waals surface area contributed by atoms with Crippen molar-refractivity contribution in [2.45, 2.75) is 18.5 Å². The predicted molar refractivity (Wildman–Crippen MR) is 101 cm³/mol. The molecule has 130 valence electrons. The third-order valence-corrected chi connectivity index (χ3v) is 4.77. The molecular weight excluding hydrogens is 383 g/mol. The van der Waals surface area contributed by atoms with Gasteiger partial charge in [-0.2, -0.15) is 5.10 Å². The summed E-state index contributed by atoms with van der Waals surface area (Å²) in [6.07, 6.45) is 2.03. The lowest BCUT2D eigenvalue weighted by Gasteiger charge is -2.09. The summed E-state index contributed by atoms with van der Waals surface area (Å²) in [4.78, 5) is 12.2. The maximum Gasteiger partial charge on any atom is 0.258 e. The average molecular weight is 398 g/mol. The molecule has 2 atom stereocenters. The number of benzene rings is 2. The van der Waals surface area contributed by atoms with E-state index in [0.717, 1.165) is 5.56 Å². The lowest BCUT2D eigenvalue weighted by atomic mass is 10.0. The number of nitrogens with zero attached hydrogens (tertiary/aromatic N) is 1. The van der Waals surface area contributed by atoms with Crippen LogP contribution in [0.5, 0.6) is 0 Å². The quantitative estimate of drug-likeness (QED) is 0.544. The Balaban J connectivity index is 1.57. The molecule has 1 aliphatic heterocycles. The Morgan fingerprint density at radius 2 is 1.76 bits per heavy atom. The van der Waals surface area contributed by atoms with Gasteiger partial charge in [0.15, 0.2) is 0 Å². The zero-order valence-electron chi connectivity index (χ0n) is 13.0. The average Bonchev–Trinajstić information content (AvgIpc) is 3.08. The molecule has 0 radical (unpaired) electrons. The highest BCUT2D eigenvalue weighted by atomic mass is 35.5. The van der Waals surface area contributed by atoms with Gasteiger partial charge in [-0.05, 0) is 36.2 Å². The molecule has 8 heteroatoms. The van der Waals surface area contributed by atoms with Crippen LogP contribution in [-0.4, -0.2) is 18.2 Å². The topological polar surface area (TPSA) is 65.5 Å². The van der Waals surface area contributed by atoms with E-state index >= 15 is 0 Å². The Morgan fingerprint density at radius 1 is 1.08 bits per heavy atom. The number of carbonyl (C=O) groups is 1. The maximum atomic E-state index is 12.2. The number of hydrogen-bond acceptors (Lipinski definition) is 4. The largest absolute Gasteiger partial charge is 0.271 e. The van der Waals surface area contributed by atoms with E-state index in [2.05, 4.69) is 21.4 Å². The summed E-state index contributed by atoms with van der Waals surface area (Å²) in [5, 5.41) is 5.55. The Kier molecular flexibility index (Phi) is 5.93. The lowest BCUT2D eigenvalue weighted by molar-refractivity contribution is -0.122. The first-order valence-corrected chi connectivity index (χ1v) is 8.71. The van der Waals surface area contributed by atoms with Gasteiger partial charge in [0.25, 0.3) is 5.91 Å². The van der Waals surface area contributed by atoms with Crippen LogP contribution >= 0.6 is 34.8 Å². The number of carbonyl (C=O) groups excluding carboxylic acids is 1. The van der Waals surface area contributed by atoms with Crippen molar-refractivity contribution in [2.75, 3.05) is 0 Å². The first kappa shape index (κ1) is 18.2. The van der Waals surface area contributed by atoms with E-state index < -0.39 is 6.04 Å². The van der Waals surface area contributed by atoms with Gasteiger partial charge in [0.05, 0.1) is 16.3 Å². The fourth-order valence-electron chi connectivity index (χ4n) is 2.51. The summed E-state index contributed by atoms with van der Waals surface area (Å²) >= 11 is 18.0. The maximum absolute atomic E-state index is 12.2. The molecule has 1 heterocycles. The molecule has 1 saturated heterocycles. The van der Waals surface area contributed by atoms with Crippen molar-refractivity contribution in [1.29, 1.82) is 0 Å². The molecule has 0 bridgehead atoms. The molecule has 2 aromatic rings. The van der Waals surface area contributed by atoms with Gasteiger partial charge in [-0.1, -0.05) is 53.0 Å². The molecule has 2 unspecified atom stereocenters. The second kappa shape index (κ2) is 8.17. The minimum absolute atomic E-state index is 0.0232. The fourth-order valence-corrected chi connectivity index (χ4v) is 3.14. The first-order valence-electron chi connectivity index (χ1n) is 7.58. The van der Waals surface area contributed by atoms with E-state index in [0.29, 0.717) is 27.1 Å². The van der Waals surface area contributed by atoms with Crippen molar-refractivity contribution >= 4 is 46.9 Å².